The Balaban J connectivity index is 1.32. The second kappa shape index (κ2) is 7.64. The monoisotopic (exact) mass is 370 g/mol. The first kappa shape index (κ1) is 17.9. The molecule has 0 spiro atoms. The summed E-state index contributed by atoms with van der Waals surface area (Å²) in [6.45, 7) is 5.35. The van der Waals surface area contributed by atoms with E-state index in [1.54, 1.807) is 6.26 Å². The number of rotatable bonds is 6. The first-order valence-corrected chi connectivity index (χ1v) is 9.50. The van der Waals surface area contributed by atoms with Gasteiger partial charge in [0.1, 0.15) is 5.76 Å². The number of carbonyl (C=O) groups excluding carboxylic acids is 1. The van der Waals surface area contributed by atoms with Crippen LogP contribution < -0.4 is 14.8 Å². The van der Waals surface area contributed by atoms with E-state index in [9.17, 15) is 4.79 Å². The van der Waals surface area contributed by atoms with E-state index in [0.29, 0.717) is 19.9 Å². The molecule has 1 fully saturated rings. The molecule has 1 N–H and O–H groups in total. The number of benzene rings is 1. The number of hydrogen-bond acceptors (Lipinski definition) is 5. The predicted octanol–water partition coefficient (Wildman–Crippen LogP) is 2.97. The van der Waals surface area contributed by atoms with Gasteiger partial charge in [-0.1, -0.05) is 13.0 Å². The van der Waals surface area contributed by atoms with Crippen LogP contribution in [0.25, 0.3) is 0 Å². The van der Waals surface area contributed by atoms with Gasteiger partial charge in [0.05, 0.1) is 19.4 Å². The van der Waals surface area contributed by atoms with Gasteiger partial charge in [-0.2, -0.15) is 0 Å². The molecule has 1 aromatic heterocycles. The maximum Gasteiger partial charge on any atom is 0.234 e. The molecule has 0 saturated carbocycles. The van der Waals surface area contributed by atoms with Crippen molar-refractivity contribution in [2.45, 2.75) is 32.7 Å². The lowest BCUT2D eigenvalue weighted by molar-refractivity contribution is -0.123. The molecule has 2 aliphatic heterocycles. The molecule has 6 nitrogen and oxygen atoms in total. The highest BCUT2D eigenvalue weighted by Crippen LogP contribution is 2.37. The third-order valence-corrected chi connectivity index (χ3v) is 5.33. The zero-order valence-corrected chi connectivity index (χ0v) is 15.7. The lowest BCUT2D eigenvalue weighted by atomic mass is 9.77. The van der Waals surface area contributed by atoms with Crippen LogP contribution in [0.4, 0.5) is 0 Å². The van der Waals surface area contributed by atoms with Crippen molar-refractivity contribution in [3.63, 3.8) is 0 Å². The van der Waals surface area contributed by atoms with E-state index in [1.807, 2.05) is 18.2 Å². The van der Waals surface area contributed by atoms with Crippen LogP contribution in [-0.4, -0.2) is 37.2 Å². The molecule has 0 bridgehead atoms. The third kappa shape index (κ3) is 4.45. The van der Waals surface area contributed by atoms with E-state index in [-0.39, 0.29) is 11.3 Å². The molecule has 6 heteroatoms. The number of fused-ring (bicyclic) bond motifs is 1. The van der Waals surface area contributed by atoms with Crippen molar-refractivity contribution in [3.8, 4) is 11.5 Å². The molecular weight excluding hydrogens is 344 g/mol. The Labute approximate surface area is 159 Å². The van der Waals surface area contributed by atoms with Crippen LogP contribution in [0.5, 0.6) is 11.5 Å². The van der Waals surface area contributed by atoms with Crippen LogP contribution in [-0.2, 0) is 17.8 Å². The van der Waals surface area contributed by atoms with Gasteiger partial charge in [-0.15, -0.1) is 0 Å². The van der Waals surface area contributed by atoms with E-state index in [1.165, 1.54) is 5.56 Å². The summed E-state index contributed by atoms with van der Waals surface area (Å²) in [5.41, 5.74) is 1.40. The molecule has 144 valence electrons. The van der Waals surface area contributed by atoms with Gasteiger partial charge in [-0.05, 0) is 61.1 Å². The van der Waals surface area contributed by atoms with Gasteiger partial charge >= 0.3 is 0 Å². The molecule has 2 aromatic rings. The fourth-order valence-corrected chi connectivity index (χ4v) is 4.11. The van der Waals surface area contributed by atoms with Crippen molar-refractivity contribution in [3.05, 3.63) is 47.9 Å². The van der Waals surface area contributed by atoms with Crippen molar-refractivity contribution >= 4 is 5.91 Å². The van der Waals surface area contributed by atoms with E-state index in [0.717, 1.165) is 49.6 Å². The molecule has 4 rings (SSSR count). The third-order valence-electron chi connectivity index (χ3n) is 5.33. The average molecular weight is 370 g/mol. The summed E-state index contributed by atoms with van der Waals surface area (Å²) in [6, 6.07) is 9.89. The van der Waals surface area contributed by atoms with Gasteiger partial charge in [0.25, 0.3) is 0 Å². The molecule has 1 aromatic carbocycles. The molecule has 1 saturated heterocycles. The van der Waals surface area contributed by atoms with Gasteiger partial charge in [0, 0.05) is 6.54 Å². The number of furan rings is 1. The van der Waals surface area contributed by atoms with Gasteiger partial charge in [0.2, 0.25) is 12.7 Å². The van der Waals surface area contributed by atoms with E-state index >= 15 is 0 Å². The summed E-state index contributed by atoms with van der Waals surface area (Å²) in [6.07, 6.45) is 4.85. The van der Waals surface area contributed by atoms with Crippen molar-refractivity contribution in [1.82, 2.24) is 10.2 Å². The number of piperidine rings is 1. The summed E-state index contributed by atoms with van der Waals surface area (Å²) in [5.74, 6) is 2.47. The number of carbonyl (C=O) groups is 1. The maximum atomic E-state index is 12.3. The number of ether oxygens (including phenoxy) is 2. The van der Waals surface area contributed by atoms with E-state index in [2.05, 4.69) is 29.3 Å². The van der Waals surface area contributed by atoms with Crippen molar-refractivity contribution < 1.29 is 18.7 Å². The highest BCUT2D eigenvalue weighted by molar-refractivity contribution is 5.77. The minimum absolute atomic E-state index is 0.0405. The highest BCUT2D eigenvalue weighted by Gasteiger charge is 2.32. The van der Waals surface area contributed by atoms with Gasteiger partial charge < -0.3 is 19.2 Å². The van der Waals surface area contributed by atoms with Crippen LogP contribution in [0.3, 0.4) is 0 Å². The summed E-state index contributed by atoms with van der Waals surface area (Å²) in [5, 5.41) is 2.93. The Morgan fingerprint density at radius 1 is 1.26 bits per heavy atom. The minimum Gasteiger partial charge on any atom is -0.467 e. The van der Waals surface area contributed by atoms with Crippen molar-refractivity contribution in [2.75, 3.05) is 26.4 Å². The maximum absolute atomic E-state index is 12.3. The molecule has 0 radical (unpaired) electrons. The van der Waals surface area contributed by atoms with E-state index < -0.39 is 0 Å². The van der Waals surface area contributed by atoms with Crippen LogP contribution in [0.15, 0.2) is 41.0 Å². The molecule has 0 unspecified atom stereocenters. The topological polar surface area (TPSA) is 63.9 Å². The fraction of sp³-hybridized carbons (Fsp3) is 0.476. The highest BCUT2D eigenvalue weighted by atomic mass is 16.7. The summed E-state index contributed by atoms with van der Waals surface area (Å²) in [7, 11) is 0. The summed E-state index contributed by atoms with van der Waals surface area (Å²) >= 11 is 0. The number of nitrogens with one attached hydrogen (secondary N) is 1. The average Bonchev–Trinajstić information content (AvgIpc) is 3.31. The van der Waals surface area contributed by atoms with Crippen LogP contribution >= 0.6 is 0 Å². The lowest BCUT2D eigenvalue weighted by Gasteiger charge is -2.40. The largest absolute Gasteiger partial charge is 0.467 e. The first-order valence-electron chi connectivity index (χ1n) is 9.50. The summed E-state index contributed by atoms with van der Waals surface area (Å²) < 4.78 is 16.2. The Morgan fingerprint density at radius 2 is 2.15 bits per heavy atom. The standard InChI is InChI=1S/C21H26N2O4/c1-21(11-16-5-6-18-19(10-16)27-15-26-18)7-3-8-23(14-21)13-20(24)22-12-17-4-2-9-25-17/h2,4-6,9-10H,3,7-8,11-15H2,1H3,(H,22,24)/t21-/m1/s1. The van der Waals surface area contributed by atoms with Crippen LogP contribution in [0.2, 0.25) is 0 Å². The second-order valence-corrected chi connectivity index (χ2v) is 7.85. The molecular formula is C21H26N2O4. The van der Waals surface area contributed by atoms with Gasteiger partial charge in [-0.25, -0.2) is 0 Å². The van der Waals surface area contributed by atoms with Crippen LogP contribution in [0.1, 0.15) is 31.1 Å². The zero-order valence-electron chi connectivity index (χ0n) is 15.7. The first-order chi connectivity index (χ1) is 13.1. The number of likely N-dealkylation sites (tertiary alicyclic amines) is 1. The Bertz CT molecular complexity index is 789. The zero-order chi connectivity index (χ0) is 18.7. The van der Waals surface area contributed by atoms with Gasteiger partial charge in [-0.3, -0.25) is 9.69 Å². The Kier molecular flexibility index (Phi) is 5.07. The minimum atomic E-state index is 0.0405. The molecule has 0 aliphatic carbocycles. The Morgan fingerprint density at radius 3 is 3.00 bits per heavy atom. The fourth-order valence-electron chi connectivity index (χ4n) is 4.11. The lowest BCUT2D eigenvalue weighted by Crippen LogP contribution is -2.46. The Hall–Kier alpha value is -2.47. The van der Waals surface area contributed by atoms with Crippen LogP contribution in [0, 0.1) is 5.41 Å². The van der Waals surface area contributed by atoms with Crippen molar-refractivity contribution in [2.24, 2.45) is 5.41 Å². The quantitative estimate of drug-likeness (QED) is 0.847. The number of hydrogen-bond donors (Lipinski definition) is 1. The SMILES string of the molecule is C[C@]1(Cc2ccc3c(c2)OCO3)CCCN(CC(=O)NCc2ccco2)C1. The van der Waals surface area contributed by atoms with Crippen molar-refractivity contribution in [1.29, 1.82) is 0 Å². The number of nitrogens with zero attached hydrogens (tertiary/aromatic N) is 1. The summed E-state index contributed by atoms with van der Waals surface area (Å²) in [4.78, 5) is 14.5. The molecule has 1 amide bonds. The molecule has 2 aliphatic rings. The molecule has 27 heavy (non-hydrogen) atoms. The smallest absolute Gasteiger partial charge is 0.234 e. The molecule has 3 heterocycles. The van der Waals surface area contributed by atoms with Gasteiger partial charge in [0.15, 0.2) is 11.5 Å². The normalized spacial score (nSPS) is 22.0. The molecule has 1 atom stereocenters. The second-order valence-electron chi connectivity index (χ2n) is 7.85. The number of amides is 1. The predicted molar refractivity (Wildman–Crippen MR) is 101 cm³/mol. The van der Waals surface area contributed by atoms with E-state index in [4.69, 9.17) is 13.9 Å².